The van der Waals surface area contributed by atoms with E-state index < -0.39 is 0 Å². The average molecular weight is 329 g/mol. The zero-order chi connectivity index (χ0) is 16.9. The largest absolute Gasteiger partial charge is 0.352 e. The van der Waals surface area contributed by atoms with Crippen LogP contribution in [0.25, 0.3) is 0 Å². The molecule has 0 aliphatic carbocycles. The van der Waals surface area contributed by atoms with Gasteiger partial charge in [0.25, 0.3) is 0 Å². The van der Waals surface area contributed by atoms with Crippen LogP contribution < -0.4 is 10.6 Å². The van der Waals surface area contributed by atoms with Crippen LogP contribution in [0.1, 0.15) is 44.6 Å². The third-order valence-electron chi connectivity index (χ3n) is 5.00. The summed E-state index contributed by atoms with van der Waals surface area (Å²) >= 11 is 0. The van der Waals surface area contributed by atoms with E-state index in [1.807, 2.05) is 25.1 Å². The molecule has 2 aliphatic heterocycles. The Hall–Kier alpha value is -1.88. The number of carbonyl (C=O) groups is 2. The molecule has 0 unspecified atom stereocenters. The second kappa shape index (κ2) is 7.79. The number of piperidine rings is 1. The quantitative estimate of drug-likeness (QED) is 0.891. The molecule has 1 fully saturated rings. The summed E-state index contributed by atoms with van der Waals surface area (Å²) in [6.45, 7) is 3.71. The number of anilines is 1. The molecule has 5 heteroatoms. The number of hydrogen-bond donors (Lipinski definition) is 2. The van der Waals surface area contributed by atoms with Crippen molar-refractivity contribution in [1.82, 2.24) is 10.2 Å². The molecular formula is C19H27N3O2. The summed E-state index contributed by atoms with van der Waals surface area (Å²) in [6, 6.07) is 8.09. The van der Waals surface area contributed by atoms with Crippen LogP contribution in [-0.2, 0) is 16.0 Å². The first kappa shape index (κ1) is 17.0. The molecule has 2 aliphatic rings. The average Bonchev–Trinajstić information content (AvgIpc) is 2.73. The number of amides is 2. The third-order valence-corrected chi connectivity index (χ3v) is 5.00. The Morgan fingerprint density at radius 1 is 1.33 bits per heavy atom. The van der Waals surface area contributed by atoms with E-state index in [0.29, 0.717) is 6.42 Å². The zero-order valence-electron chi connectivity index (χ0n) is 14.4. The summed E-state index contributed by atoms with van der Waals surface area (Å²) in [5, 5.41) is 6.20. The van der Waals surface area contributed by atoms with E-state index in [1.54, 1.807) is 0 Å². The molecule has 0 aromatic heterocycles. The number of nitrogens with zero attached hydrogens (tertiary/aromatic N) is 1. The van der Waals surface area contributed by atoms with Crippen molar-refractivity contribution in [2.75, 3.05) is 18.4 Å². The van der Waals surface area contributed by atoms with Gasteiger partial charge in [0, 0.05) is 24.7 Å². The van der Waals surface area contributed by atoms with Crippen LogP contribution in [0.4, 0.5) is 5.69 Å². The Morgan fingerprint density at radius 3 is 3.00 bits per heavy atom. The lowest BCUT2D eigenvalue weighted by Gasteiger charge is -2.37. The Balaban J connectivity index is 1.63. The van der Waals surface area contributed by atoms with Gasteiger partial charge < -0.3 is 10.6 Å². The van der Waals surface area contributed by atoms with Crippen molar-refractivity contribution in [2.24, 2.45) is 0 Å². The van der Waals surface area contributed by atoms with E-state index in [9.17, 15) is 9.59 Å². The molecule has 0 bridgehead atoms. The Morgan fingerprint density at radius 2 is 2.17 bits per heavy atom. The van der Waals surface area contributed by atoms with E-state index in [2.05, 4.69) is 21.6 Å². The predicted molar refractivity (Wildman–Crippen MR) is 94.8 cm³/mol. The van der Waals surface area contributed by atoms with Gasteiger partial charge in [-0.15, -0.1) is 0 Å². The minimum Gasteiger partial charge on any atom is -0.352 e. The molecule has 0 radical (unpaired) electrons. The number of aryl methyl sites for hydroxylation is 1. The van der Waals surface area contributed by atoms with E-state index in [4.69, 9.17) is 0 Å². The molecule has 3 rings (SSSR count). The van der Waals surface area contributed by atoms with Crippen LogP contribution in [-0.4, -0.2) is 41.9 Å². The molecule has 2 heterocycles. The fraction of sp³-hybridized carbons (Fsp3) is 0.579. The lowest BCUT2D eigenvalue weighted by atomic mass is 10.00. The second-order valence-corrected chi connectivity index (χ2v) is 6.85. The van der Waals surface area contributed by atoms with Crippen molar-refractivity contribution in [3.8, 4) is 0 Å². The minimum atomic E-state index is -0.108. The summed E-state index contributed by atoms with van der Waals surface area (Å²) in [4.78, 5) is 26.8. The van der Waals surface area contributed by atoms with Gasteiger partial charge >= 0.3 is 0 Å². The van der Waals surface area contributed by atoms with Crippen LogP contribution >= 0.6 is 0 Å². The van der Waals surface area contributed by atoms with Gasteiger partial charge in [-0.25, -0.2) is 0 Å². The maximum absolute atomic E-state index is 12.7. The summed E-state index contributed by atoms with van der Waals surface area (Å²) in [6.07, 6.45) is 5.21. The summed E-state index contributed by atoms with van der Waals surface area (Å²) in [5.74, 6) is 0.211. The van der Waals surface area contributed by atoms with Crippen molar-refractivity contribution < 1.29 is 9.59 Å². The summed E-state index contributed by atoms with van der Waals surface area (Å²) in [5.41, 5.74) is 2.15. The fourth-order valence-corrected chi connectivity index (χ4v) is 3.78. The number of nitrogens with one attached hydrogen (secondary N) is 2. The Labute approximate surface area is 143 Å². The van der Waals surface area contributed by atoms with Crippen LogP contribution in [0.2, 0.25) is 0 Å². The SMILES string of the molecule is CCCC(=O)N[C@@H]1CCCN([C@H]2CCc3ccccc3NC2=O)C1. The molecular weight excluding hydrogens is 302 g/mol. The van der Waals surface area contributed by atoms with Crippen LogP contribution in [0.5, 0.6) is 0 Å². The first-order chi connectivity index (χ1) is 11.7. The molecule has 24 heavy (non-hydrogen) atoms. The smallest absolute Gasteiger partial charge is 0.241 e. The van der Waals surface area contributed by atoms with Gasteiger partial charge in [-0.3, -0.25) is 14.5 Å². The van der Waals surface area contributed by atoms with Crippen LogP contribution in [0, 0.1) is 0 Å². The summed E-state index contributed by atoms with van der Waals surface area (Å²) < 4.78 is 0. The Kier molecular flexibility index (Phi) is 5.51. The third kappa shape index (κ3) is 3.96. The fourth-order valence-electron chi connectivity index (χ4n) is 3.78. The first-order valence-corrected chi connectivity index (χ1v) is 9.09. The second-order valence-electron chi connectivity index (χ2n) is 6.85. The lowest BCUT2D eigenvalue weighted by Crippen LogP contribution is -2.53. The van der Waals surface area contributed by atoms with Crippen molar-refractivity contribution in [1.29, 1.82) is 0 Å². The molecule has 2 N–H and O–H groups in total. The van der Waals surface area contributed by atoms with Gasteiger partial charge in [0.1, 0.15) is 0 Å². The molecule has 1 aromatic carbocycles. The molecule has 2 atom stereocenters. The molecule has 5 nitrogen and oxygen atoms in total. The minimum absolute atomic E-state index is 0.0838. The highest BCUT2D eigenvalue weighted by molar-refractivity contribution is 5.96. The predicted octanol–water partition coefficient (Wildman–Crippen LogP) is 2.32. The first-order valence-electron chi connectivity index (χ1n) is 9.09. The number of para-hydroxylation sites is 1. The molecule has 0 spiro atoms. The number of hydrogen-bond acceptors (Lipinski definition) is 3. The number of fused-ring (bicyclic) bond motifs is 1. The number of benzene rings is 1. The van der Waals surface area contributed by atoms with Gasteiger partial charge in [0.15, 0.2) is 0 Å². The highest BCUT2D eigenvalue weighted by Gasteiger charge is 2.32. The summed E-state index contributed by atoms with van der Waals surface area (Å²) in [7, 11) is 0. The standard InChI is InChI=1S/C19H27N3O2/c1-2-6-18(23)20-15-8-5-12-22(13-15)17-11-10-14-7-3-4-9-16(14)21-19(17)24/h3-4,7,9,15,17H,2,5-6,8,10-13H2,1H3,(H,20,23)(H,21,24)/t15-,17+/m1/s1. The van der Waals surface area contributed by atoms with E-state index in [-0.39, 0.29) is 23.9 Å². The molecule has 1 aromatic rings. The highest BCUT2D eigenvalue weighted by Crippen LogP contribution is 2.25. The van der Waals surface area contributed by atoms with Crippen molar-refractivity contribution in [3.63, 3.8) is 0 Å². The molecule has 1 saturated heterocycles. The maximum atomic E-state index is 12.7. The van der Waals surface area contributed by atoms with Gasteiger partial charge in [0.2, 0.25) is 11.8 Å². The van der Waals surface area contributed by atoms with Crippen LogP contribution in [0.3, 0.4) is 0 Å². The van der Waals surface area contributed by atoms with E-state index >= 15 is 0 Å². The van der Waals surface area contributed by atoms with Crippen LogP contribution in [0.15, 0.2) is 24.3 Å². The monoisotopic (exact) mass is 329 g/mol. The molecule has 130 valence electrons. The normalized spacial score (nSPS) is 24.6. The number of likely N-dealkylation sites (tertiary alicyclic amines) is 1. The van der Waals surface area contributed by atoms with Gasteiger partial charge in [-0.05, 0) is 50.3 Å². The topological polar surface area (TPSA) is 61.4 Å². The maximum Gasteiger partial charge on any atom is 0.241 e. The molecule has 0 saturated carbocycles. The zero-order valence-corrected chi connectivity index (χ0v) is 14.4. The van der Waals surface area contributed by atoms with Crippen molar-refractivity contribution >= 4 is 17.5 Å². The highest BCUT2D eigenvalue weighted by atomic mass is 16.2. The van der Waals surface area contributed by atoms with E-state index in [1.165, 1.54) is 5.56 Å². The van der Waals surface area contributed by atoms with E-state index in [0.717, 1.165) is 50.9 Å². The van der Waals surface area contributed by atoms with Crippen molar-refractivity contribution in [2.45, 2.75) is 57.5 Å². The van der Waals surface area contributed by atoms with Gasteiger partial charge in [-0.1, -0.05) is 25.1 Å². The lowest BCUT2D eigenvalue weighted by molar-refractivity contribution is -0.123. The van der Waals surface area contributed by atoms with Gasteiger partial charge in [0.05, 0.1) is 6.04 Å². The number of carbonyl (C=O) groups excluding carboxylic acids is 2. The number of rotatable bonds is 4. The Bertz CT molecular complexity index is 602. The van der Waals surface area contributed by atoms with Gasteiger partial charge in [-0.2, -0.15) is 0 Å². The van der Waals surface area contributed by atoms with Crippen molar-refractivity contribution in [3.05, 3.63) is 29.8 Å². The molecule has 2 amide bonds.